The summed E-state index contributed by atoms with van der Waals surface area (Å²) in [7, 11) is 0. The van der Waals surface area contributed by atoms with E-state index in [2.05, 4.69) is 10.3 Å². The summed E-state index contributed by atoms with van der Waals surface area (Å²) in [6.07, 6.45) is 4.40. The number of pyridine rings is 1. The van der Waals surface area contributed by atoms with Crippen LogP contribution in [0.1, 0.15) is 29.6 Å². The molecule has 2 rings (SSSR count). The number of rotatable bonds is 3. The summed E-state index contributed by atoms with van der Waals surface area (Å²) in [5.41, 5.74) is 5.22. The largest absolute Gasteiger partial charge is 0.381 e. The van der Waals surface area contributed by atoms with Crippen LogP contribution in [0.4, 0.5) is 10.2 Å². The smallest absolute Gasteiger partial charge is 0.254 e. The van der Waals surface area contributed by atoms with Crippen molar-refractivity contribution < 1.29 is 13.9 Å². The Kier molecular flexibility index (Phi) is 4.09. The van der Waals surface area contributed by atoms with Crippen LogP contribution in [0.3, 0.4) is 0 Å². The van der Waals surface area contributed by atoms with Crippen LogP contribution in [0.5, 0.6) is 0 Å². The lowest BCUT2D eigenvalue weighted by Gasteiger charge is -2.22. The number of hydrogen-bond acceptors (Lipinski definition) is 4. The minimum atomic E-state index is -0.778. The van der Waals surface area contributed by atoms with Crippen molar-refractivity contribution in [1.82, 2.24) is 10.3 Å². The maximum absolute atomic E-state index is 13.5. The van der Waals surface area contributed by atoms with Gasteiger partial charge in [-0.05, 0) is 25.3 Å². The van der Waals surface area contributed by atoms with E-state index >= 15 is 0 Å². The molecule has 1 amide bonds. The van der Waals surface area contributed by atoms with Gasteiger partial charge in [-0.25, -0.2) is 9.37 Å². The van der Waals surface area contributed by atoms with Gasteiger partial charge in [0, 0.05) is 19.3 Å². The Morgan fingerprint density at radius 2 is 2.44 bits per heavy atom. The summed E-state index contributed by atoms with van der Waals surface area (Å²) < 4.78 is 19.0. The second-order valence-electron chi connectivity index (χ2n) is 4.26. The molecule has 3 N–H and O–H groups in total. The van der Waals surface area contributed by atoms with Crippen molar-refractivity contribution in [3.63, 3.8) is 0 Å². The number of halogens is 1. The van der Waals surface area contributed by atoms with Gasteiger partial charge < -0.3 is 15.8 Å². The van der Waals surface area contributed by atoms with E-state index in [1.54, 1.807) is 0 Å². The molecule has 0 aliphatic carbocycles. The van der Waals surface area contributed by atoms with Gasteiger partial charge in [0.1, 0.15) is 0 Å². The number of nitrogen functional groups attached to an aromatic ring is 1. The van der Waals surface area contributed by atoms with Crippen LogP contribution < -0.4 is 11.1 Å². The SMILES string of the molecule is Nc1nccc(C(=O)NCC2CCCCO2)c1F. The summed E-state index contributed by atoms with van der Waals surface area (Å²) in [6, 6.07) is 1.31. The Hall–Kier alpha value is -1.69. The van der Waals surface area contributed by atoms with Crippen molar-refractivity contribution in [2.45, 2.75) is 25.4 Å². The molecule has 0 aromatic carbocycles. The van der Waals surface area contributed by atoms with E-state index < -0.39 is 11.7 Å². The first-order valence-electron chi connectivity index (χ1n) is 5.98. The van der Waals surface area contributed by atoms with Crippen LogP contribution in [0.2, 0.25) is 0 Å². The molecule has 6 heteroatoms. The zero-order valence-electron chi connectivity index (χ0n) is 9.99. The third-order valence-electron chi connectivity index (χ3n) is 2.93. The van der Waals surface area contributed by atoms with E-state index in [0.29, 0.717) is 6.54 Å². The summed E-state index contributed by atoms with van der Waals surface area (Å²) in [6.45, 7) is 1.11. The Balaban J connectivity index is 1.93. The maximum atomic E-state index is 13.5. The van der Waals surface area contributed by atoms with Gasteiger partial charge in [0.05, 0.1) is 11.7 Å². The molecule has 1 aromatic heterocycles. The van der Waals surface area contributed by atoms with Gasteiger partial charge in [-0.3, -0.25) is 4.79 Å². The summed E-state index contributed by atoms with van der Waals surface area (Å²) in [5.74, 6) is -1.54. The molecule has 98 valence electrons. The number of carbonyl (C=O) groups is 1. The number of nitrogens with two attached hydrogens (primary N) is 1. The molecular weight excluding hydrogens is 237 g/mol. The second kappa shape index (κ2) is 5.77. The Morgan fingerprint density at radius 3 is 3.17 bits per heavy atom. The topological polar surface area (TPSA) is 77.2 Å². The highest BCUT2D eigenvalue weighted by atomic mass is 19.1. The quantitative estimate of drug-likeness (QED) is 0.845. The van der Waals surface area contributed by atoms with Crippen molar-refractivity contribution in [2.24, 2.45) is 0 Å². The molecule has 0 spiro atoms. The lowest BCUT2D eigenvalue weighted by atomic mass is 10.1. The first-order chi connectivity index (χ1) is 8.68. The number of nitrogens with zero attached hydrogens (tertiary/aromatic N) is 1. The summed E-state index contributed by atoms with van der Waals surface area (Å²) in [5, 5.41) is 2.65. The van der Waals surface area contributed by atoms with E-state index in [0.717, 1.165) is 25.9 Å². The lowest BCUT2D eigenvalue weighted by Crippen LogP contribution is -2.35. The Labute approximate surface area is 105 Å². The van der Waals surface area contributed by atoms with Crippen LogP contribution in [-0.4, -0.2) is 30.1 Å². The minimum absolute atomic E-state index is 0.0185. The molecule has 1 aromatic rings. The van der Waals surface area contributed by atoms with E-state index in [9.17, 15) is 9.18 Å². The van der Waals surface area contributed by atoms with Gasteiger partial charge >= 0.3 is 0 Å². The number of amides is 1. The number of ether oxygens (including phenoxy) is 1. The maximum Gasteiger partial charge on any atom is 0.254 e. The highest BCUT2D eigenvalue weighted by molar-refractivity contribution is 5.95. The van der Waals surface area contributed by atoms with Crippen LogP contribution >= 0.6 is 0 Å². The Morgan fingerprint density at radius 1 is 1.61 bits per heavy atom. The first kappa shape index (κ1) is 12.8. The summed E-state index contributed by atoms with van der Waals surface area (Å²) >= 11 is 0. The molecule has 0 bridgehead atoms. The van der Waals surface area contributed by atoms with E-state index in [-0.39, 0.29) is 17.5 Å². The van der Waals surface area contributed by atoms with E-state index in [1.165, 1.54) is 12.3 Å². The van der Waals surface area contributed by atoms with Gasteiger partial charge in [0.2, 0.25) is 0 Å². The predicted molar refractivity (Wildman–Crippen MR) is 64.5 cm³/mol. The van der Waals surface area contributed by atoms with E-state index in [4.69, 9.17) is 10.5 Å². The fourth-order valence-corrected chi connectivity index (χ4v) is 1.91. The monoisotopic (exact) mass is 253 g/mol. The number of nitrogens with one attached hydrogen (secondary N) is 1. The molecule has 1 unspecified atom stereocenters. The van der Waals surface area contributed by atoms with Gasteiger partial charge in [0.25, 0.3) is 5.91 Å². The van der Waals surface area contributed by atoms with Gasteiger partial charge in [0.15, 0.2) is 11.6 Å². The minimum Gasteiger partial charge on any atom is -0.381 e. The second-order valence-corrected chi connectivity index (χ2v) is 4.26. The number of anilines is 1. The van der Waals surface area contributed by atoms with Crippen molar-refractivity contribution in [2.75, 3.05) is 18.9 Å². The molecule has 5 nitrogen and oxygen atoms in total. The molecule has 1 saturated heterocycles. The van der Waals surface area contributed by atoms with Crippen LogP contribution in [0.15, 0.2) is 12.3 Å². The summed E-state index contributed by atoms with van der Waals surface area (Å²) in [4.78, 5) is 15.3. The molecule has 0 radical (unpaired) electrons. The highest BCUT2D eigenvalue weighted by Gasteiger charge is 2.18. The standard InChI is InChI=1S/C12H16FN3O2/c13-10-9(4-5-15-11(10)14)12(17)16-7-8-3-1-2-6-18-8/h4-5,8H,1-3,6-7H2,(H2,14,15)(H,16,17). The number of aromatic nitrogens is 1. The van der Waals surface area contributed by atoms with Crippen LogP contribution in [-0.2, 0) is 4.74 Å². The third kappa shape index (κ3) is 2.95. The molecule has 1 fully saturated rings. The van der Waals surface area contributed by atoms with Crippen molar-refractivity contribution >= 4 is 11.7 Å². The fourth-order valence-electron chi connectivity index (χ4n) is 1.91. The van der Waals surface area contributed by atoms with Gasteiger partial charge in [-0.1, -0.05) is 0 Å². The van der Waals surface area contributed by atoms with E-state index in [1.807, 2.05) is 0 Å². The fraction of sp³-hybridized carbons (Fsp3) is 0.500. The van der Waals surface area contributed by atoms with Crippen molar-refractivity contribution in [1.29, 1.82) is 0 Å². The first-order valence-corrected chi connectivity index (χ1v) is 5.98. The zero-order valence-corrected chi connectivity index (χ0v) is 9.99. The molecule has 1 atom stereocenters. The third-order valence-corrected chi connectivity index (χ3v) is 2.93. The molecule has 18 heavy (non-hydrogen) atoms. The molecule has 0 saturated carbocycles. The van der Waals surface area contributed by atoms with Gasteiger partial charge in [-0.15, -0.1) is 0 Å². The van der Waals surface area contributed by atoms with Crippen LogP contribution in [0, 0.1) is 5.82 Å². The Bertz CT molecular complexity index is 433. The average Bonchev–Trinajstić information content (AvgIpc) is 2.40. The number of carbonyl (C=O) groups excluding carboxylic acids is 1. The molecule has 2 heterocycles. The van der Waals surface area contributed by atoms with Crippen molar-refractivity contribution in [3.05, 3.63) is 23.6 Å². The zero-order chi connectivity index (χ0) is 13.0. The van der Waals surface area contributed by atoms with Crippen molar-refractivity contribution in [3.8, 4) is 0 Å². The van der Waals surface area contributed by atoms with Crippen LogP contribution in [0.25, 0.3) is 0 Å². The number of hydrogen-bond donors (Lipinski definition) is 2. The predicted octanol–water partition coefficient (Wildman–Crippen LogP) is 1.10. The van der Waals surface area contributed by atoms with Gasteiger partial charge in [-0.2, -0.15) is 0 Å². The molecule has 1 aliphatic rings. The normalized spacial score (nSPS) is 19.5. The molecule has 1 aliphatic heterocycles. The molecular formula is C12H16FN3O2. The lowest BCUT2D eigenvalue weighted by molar-refractivity contribution is 0.0168. The average molecular weight is 253 g/mol. The highest BCUT2D eigenvalue weighted by Crippen LogP contribution is 2.13.